The third kappa shape index (κ3) is 4.08. The Hall–Kier alpha value is -2.37. The Morgan fingerprint density at radius 3 is 2.90 bits per heavy atom. The minimum atomic E-state index is -0.364. The van der Waals surface area contributed by atoms with Crippen LogP contribution in [0.15, 0.2) is 36.9 Å². The SMILES string of the molecule is Cc1cc(NCCCCn2ccnc2)cc([N+](=O)[O-])c1. The summed E-state index contributed by atoms with van der Waals surface area (Å²) in [6, 6.07) is 5.07. The number of imidazole rings is 1. The second kappa shape index (κ2) is 6.70. The van der Waals surface area contributed by atoms with Crippen molar-refractivity contribution < 1.29 is 4.92 Å². The van der Waals surface area contributed by atoms with E-state index in [2.05, 4.69) is 10.3 Å². The topological polar surface area (TPSA) is 73.0 Å². The summed E-state index contributed by atoms with van der Waals surface area (Å²) < 4.78 is 2.04. The van der Waals surface area contributed by atoms with Crippen LogP contribution in [0.3, 0.4) is 0 Å². The van der Waals surface area contributed by atoms with E-state index in [1.165, 1.54) is 0 Å². The molecule has 0 fully saturated rings. The van der Waals surface area contributed by atoms with Crippen LogP contribution in [0, 0.1) is 17.0 Å². The van der Waals surface area contributed by atoms with Crippen LogP contribution in [0.5, 0.6) is 0 Å². The third-order valence-corrected chi connectivity index (χ3v) is 3.00. The lowest BCUT2D eigenvalue weighted by atomic mass is 10.2. The molecule has 0 radical (unpaired) electrons. The number of rotatable bonds is 7. The number of hydrogen-bond donors (Lipinski definition) is 1. The molecule has 0 amide bonds. The predicted octanol–water partition coefficient (Wildman–Crippen LogP) is 2.99. The number of nitrogens with one attached hydrogen (secondary N) is 1. The molecule has 1 N–H and O–H groups in total. The molecule has 20 heavy (non-hydrogen) atoms. The van der Waals surface area contributed by atoms with Gasteiger partial charge in [-0.1, -0.05) is 0 Å². The molecule has 0 aliphatic heterocycles. The zero-order valence-electron chi connectivity index (χ0n) is 11.5. The highest BCUT2D eigenvalue weighted by Gasteiger charge is 2.07. The first-order valence-corrected chi connectivity index (χ1v) is 6.61. The van der Waals surface area contributed by atoms with Gasteiger partial charge in [-0.2, -0.15) is 0 Å². The van der Waals surface area contributed by atoms with Crippen molar-refractivity contribution in [3.05, 3.63) is 52.6 Å². The normalized spacial score (nSPS) is 10.4. The van der Waals surface area contributed by atoms with Gasteiger partial charge in [-0.05, 0) is 31.4 Å². The van der Waals surface area contributed by atoms with E-state index in [0.29, 0.717) is 0 Å². The van der Waals surface area contributed by atoms with E-state index < -0.39 is 0 Å². The monoisotopic (exact) mass is 274 g/mol. The van der Waals surface area contributed by atoms with Gasteiger partial charge in [-0.3, -0.25) is 10.1 Å². The Morgan fingerprint density at radius 2 is 2.20 bits per heavy atom. The van der Waals surface area contributed by atoms with E-state index in [1.54, 1.807) is 24.7 Å². The largest absolute Gasteiger partial charge is 0.385 e. The zero-order valence-corrected chi connectivity index (χ0v) is 11.5. The van der Waals surface area contributed by atoms with Crippen LogP contribution in [-0.2, 0) is 6.54 Å². The fourth-order valence-electron chi connectivity index (χ4n) is 2.04. The van der Waals surface area contributed by atoms with Crippen molar-refractivity contribution in [3.63, 3.8) is 0 Å². The van der Waals surface area contributed by atoms with Crippen LogP contribution in [0.1, 0.15) is 18.4 Å². The lowest BCUT2D eigenvalue weighted by Crippen LogP contribution is -2.04. The molecule has 0 aliphatic carbocycles. The molecule has 0 saturated heterocycles. The number of anilines is 1. The van der Waals surface area contributed by atoms with Gasteiger partial charge in [0.2, 0.25) is 0 Å². The maximum Gasteiger partial charge on any atom is 0.271 e. The molecule has 2 aromatic rings. The number of nitrogens with zero attached hydrogens (tertiary/aromatic N) is 3. The average molecular weight is 274 g/mol. The second-order valence-corrected chi connectivity index (χ2v) is 4.75. The van der Waals surface area contributed by atoms with Gasteiger partial charge in [-0.15, -0.1) is 0 Å². The van der Waals surface area contributed by atoms with Crippen molar-refractivity contribution in [1.29, 1.82) is 0 Å². The number of nitro benzene ring substituents is 1. The maximum atomic E-state index is 10.8. The molecule has 0 atom stereocenters. The van der Waals surface area contributed by atoms with Gasteiger partial charge in [0.1, 0.15) is 0 Å². The fourth-order valence-corrected chi connectivity index (χ4v) is 2.04. The van der Waals surface area contributed by atoms with Gasteiger partial charge in [-0.25, -0.2) is 4.98 Å². The van der Waals surface area contributed by atoms with Crippen molar-refractivity contribution in [3.8, 4) is 0 Å². The summed E-state index contributed by atoms with van der Waals surface area (Å²) in [6.07, 6.45) is 7.55. The Labute approximate surface area is 117 Å². The molecule has 6 nitrogen and oxygen atoms in total. The van der Waals surface area contributed by atoms with Crippen LogP contribution in [0.4, 0.5) is 11.4 Å². The molecule has 1 heterocycles. The number of aromatic nitrogens is 2. The van der Waals surface area contributed by atoms with Gasteiger partial charge in [0.05, 0.1) is 11.3 Å². The van der Waals surface area contributed by atoms with E-state index in [4.69, 9.17) is 0 Å². The van der Waals surface area contributed by atoms with Crippen LogP contribution in [0.25, 0.3) is 0 Å². The number of hydrogen-bond acceptors (Lipinski definition) is 4. The predicted molar refractivity (Wildman–Crippen MR) is 77.8 cm³/mol. The summed E-state index contributed by atoms with van der Waals surface area (Å²) in [7, 11) is 0. The number of nitro groups is 1. The Balaban J connectivity index is 1.77. The molecule has 1 aromatic heterocycles. The first-order chi connectivity index (χ1) is 9.65. The molecule has 1 aromatic carbocycles. The summed E-state index contributed by atoms with van der Waals surface area (Å²) in [5.74, 6) is 0. The van der Waals surface area contributed by atoms with Crippen molar-refractivity contribution in [2.24, 2.45) is 0 Å². The van der Waals surface area contributed by atoms with E-state index >= 15 is 0 Å². The Kier molecular flexibility index (Phi) is 4.70. The van der Waals surface area contributed by atoms with Crippen molar-refractivity contribution in [2.45, 2.75) is 26.3 Å². The standard InChI is InChI=1S/C14H18N4O2/c1-12-8-13(10-14(9-12)18(19)20)16-4-2-3-6-17-7-5-15-11-17/h5,7-11,16H,2-4,6H2,1H3. The molecule has 0 spiro atoms. The molecule has 0 unspecified atom stereocenters. The van der Waals surface area contributed by atoms with Gasteiger partial charge < -0.3 is 9.88 Å². The number of aryl methyl sites for hydroxylation is 2. The van der Waals surface area contributed by atoms with Gasteiger partial charge in [0, 0.05) is 43.3 Å². The second-order valence-electron chi connectivity index (χ2n) is 4.75. The molecule has 2 rings (SSSR count). The van der Waals surface area contributed by atoms with Crippen LogP contribution in [-0.4, -0.2) is 21.0 Å². The maximum absolute atomic E-state index is 10.8. The summed E-state index contributed by atoms with van der Waals surface area (Å²) in [4.78, 5) is 14.4. The summed E-state index contributed by atoms with van der Waals surface area (Å²) >= 11 is 0. The lowest BCUT2D eigenvalue weighted by Gasteiger charge is -2.07. The lowest BCUT2D eigenvalue weighted by molar-refractivity contribution is -0.384. The van der Waals surface area contributed by atoms with Crippen molar-refractivity contribution in [1.82, 2.24) is 9.55 Å². The third-order valence-electron chi connectivity index (χ3n) is 3.00. The van der Waals surface area contributed by atoms with Gasteiger partial charge >= 0.3 is 0 Å². The van der Waals surface area contributed by atoms with Crippen LogP contribution < -0.4 is 5.32 Å². The van der Waals surface area contributed by atoms with E-state index in [9.17, 15) is 10.1 Å². The first-order valence-electron chi connectivity index (χ1n) is 6.61. The minimum absolute atomic E-state index is 0.130. The van der Waals surface area contributed by atoms with Gasteiger partial charge in [0.15, 0.2) is 0 Å². The first kappa shape index (κ1) is 14.0. The Bertz CT molecular complexity index is 567. The number of benzene rings is 1. The molecule has 0 saturated carbocycles. The van der Waals surface area contributed by atoms with E-state index in [-0.39, 0.29) is 10.6 Å². The molecular weight excluding hydrogens is 256 g/mol. The molecule has 0 bridgehead atoms. The average Bonchev–Trinajstić information content (AvgIpc) is 2.91. The van der Waals surface area contributed by atoms with E-state index in [0.717, 1.165) is 37.2 Å². The Morgan fingerprint density at radius 1 is 1.35 bits per heavy atom. The van der Waals surface area contributed by atoms with Gasteiger partial charge in [0.25, 0.3) is 5.69 Å². The van der Waals surface area contributed by atoms with Crippen molar-refractivity contribution in [2.75, 3.05) is 11.9 Å². The smallest absolute Gasteiger partial charge is 0.271 e. The molecule has 0 aliphatic rings. The van der Waals surface area contributed by atoms with Crippen LogP contribution in [0.2, 0.25) is 0 Å². The highest BCUT2D eigenvalue weighted by atomic mass is 16.6. The summed E-state index contributed by atoms with van der Waals surface area (Å²) in [6.45, 7) is 3.60. The summed E-state index contributed by atoms with van der Waals surface area (Å²) in [5.41, 5.74) is 1.82. The number of unbranched alkanes of at least 4 members (excludes halogenated alkanes) is 1. The van der Waals surface area contributed by atoms with Crippen molar-refractivity contribution >= 4 is 11.4 Å². The van der Waals surface area contributed by atoms with Crippen LogP contribution >= 0.6 is 0 Å². The quantitative estimate of drug-likeness (QED) is 0.478. The minimum Gasteiger partial charge on any atom is -0.385 e. The number of non-ortho nitro benzene ring substituents is 1. The zero-order chi connectivity index (χ0) is 14.4. The van der Waals surface area contributed by atoms with E-state index in [1.807, 2.05) is 23.8 Å². The summed E-state index contributed by atoms with van der Waals surface area (Å²) in [5, 5.41) is 14.0. The fraction of sp³-hybridized carbons (Fsp3) is 0.357. The molecule has 6 heteroatoms. The molecule has 106 valence electrons. The highest BCUT2D eigenvalue weighted by Crippen LogP contribution is 2.20. The highest BCUT2D eigenvalue weighted by molar-refractivity contribution is 5.53. The molecular formula is C14H18N4O2.